The minimum atomic E-state index is -1.00. The predicted octanol–water partition coefficient (Wildman–Crippen LogP) is 2.14. The first-order chi connectivity index (χ1) is 9.48. The van der Waals surface area contributed by atoms with E-state index in [9.17, 15) is 9.59 Å². The second kappa shape index (κ2) is 6.19. The van der Waals surface area contributed by atoms with Crippen molar-refractivity contribution in [2.45, 2.75) is 25.3 Å². The number of amides is 1. The lowest BCUT2D eigenvalue weighted by molar-refractivity contribution is -0.131. The molecule has 1 unspecified atom stereocenters. The van der Waals surface area contributed by atoms with E-state index in [0.29, 0.717) is 11.5 Å². The van der Waals surface area contributed by atoms with Crippen LogP contribution in [0.15, 0.2) is 18.2 Å². The second-order valence-electron chi connectivity index (χ2n) is 5.04. The van der Waals surface area contributed by atoms with Crippen LogP contribution in [0.1, 0.15) is 34.3 Å². The highest BCUT2D eigenvalue weighted by molar-refractivity contribution is 7.14. The molecule has 1 aliphatic heterocycles. The van der Waals surface area contributed by atoms with Crippen molar-refractivity contribution in [3.63, 3.8) is 0 Å². The average molecular weight is 295 g/mol. The highest BCUT2D eigenvalue weighted by atomic mass is 32.1. The molecule has 108 valence electrons. The molecule has 20 heavy (non-hydrogen) atoms. The van der Waals surface area contributed by atoms with Crippen molar-refractivity contribution < 1.29 is 19.4 Å². The van der Waals surface area contributed by atoms with Crippen molar-refractivity contribution in [2.75, 3.05) is 13.2 Å². The molecule has 0 radical (unpaired) electrons. The maximum atomic E-state index is 12.2. The SMILES string of the molecule is CC1(NC(=O)c2ccc(/C=C/C(=O)O)s2)CCCOC1. The number of thiophene rings is 1. The fourth-order valence-electron chi connectivity index (χ4n) is 2.09. The van der Waals surface area contributed by atoms with Gasteiger partial charge in [0.15, 0.2) is 0 Å². The third kappa shape index (κ3) is 3.91. The molecule has 1 aromatic rings. The first-order valence-electron chi connectivity index (χ1n) is 6.40. The molecule has 2 rings (SSSR count). The third-order valence-electron chi connectivity index (χ3n) is 3.09. The zero-order valence-electron chi connectivity index (χ0n) is 11.2. The van der Waals surface area contributed by atoms with Crippen molar-refractivity contribution in [3.8, 4) is 0 Å². The maximum absolute atomic E-state index is 12.2. The Labute approximate surface area is 121 Å². The van der Waals surface area contributed by atoms with E-state index in [1.165, 1.54) is 17.4 Å². The van der Waals surface area contributed by atoms with Gasteiger partial charge in [-0.1, -0.05) is 0 Å². The van der Waals surface area contributed by atoms with Crippen LogP contribution in [-0.4, -0.2) is 35.7 Å². The number of carbonyl (C=O) groups is 2. The maximum Gasteiger partial charge on any atom is 0.328 e. The molecule has 0 bridgehead atoms. The van der Waals surface area contributed by atoms with Crippen LogP contribution in [-0.2, 0) is 9.53 Å². The summed E-state index contributed by atoms with van der Waals surface area (Å²) in [6.45, 7) is 3.24. The Morgan fingerprint density at radius 1 is 1.50 bits per heavy atom. The van der Waals surface area contributed by atoms with E-state index in [0.717, 1.165) is 30.4 Å². The van der Waals surface area contributed by atoms with Crippen LogP contribution >= 0.6 is 11.3 Å². The van der Waals surface area contributed by atoms with Gasteiger partial charge in [-0.2, -0.15) is 0 Å². The molecule has 0 saturated carbocycles. The molecule has 2 N–H and O–H groups in total. The number of carboxylic acids is 1. The summed E-state index contributed by atoms with van der Waals surface area (Å²) >= 11 is 1.27. The summed E-state index contributed by atoms with van der Waals surface area (Å²) in [6.07, 6.45) is 4.38. The van der Waals surface area contributed by atoms with Crippen LogP contribution in [0.5, 0.6) is 0 Å². The molecule has 1 amide bonds. The van der Waals surface area contributed by atoms with Gasteiger partial charge in [-0.25, -0.2) is 4.79 Å². The number of hydrogen-bond donors (Lipinski definition) is 2. The number of aliphatic carboxylic acids is 1. The third-order valence-corrected chi connectivity index (χ3v) is 4.14. The summed E-state index contributed by atoms with van der Waals surface area (Å²) in [6, 6.07) is 3.44. The molecular formula is C14H17NO4S. The molecule has 1 saturated heterocycles. The molecule has 0 aliphatic carbocycles. The summed E-state index contributed by atoms with van der Waals surface area (Å²) < 4.78 is 5.40. The fraction of sp³-hybridized carbons (Fsp3) is 0.429. The van der Waals surface area contributed by atoms with Crippen LogP contribution in [0.3, 0.4) is 0 Å². The highest BCUT2D eigenvalue weighted by Crippen LogP contribution is 2.22. The molecular weight excluding hydrogens is 278 g/mol. The fourth-order valence-corrected chi connectivity index (χ4v) is 2.89. The summed E-state index contributed by atoms with van der Waals surface area (Å²) in [5, 5.41) is 11.6. The molecule has 6 heteroatoms. The minimum Gasteiger partial charge on any atom is -0.478 e. The highest BCUT2D eigenvalue weighted by Gasteiger charge is 2.29. The van der Waals surface area contributed by atoms with E-state index in [2.05, 4.69) is 5.32 Å². The zero-order valence-corrected chi connectivity index (χ0v) is 12.0. The van der Waals surface area contributed by atoms with Crippen molar-refractivity contribution in [3.05, 3.63) is 28.0 Å². The van der Waals surface area contributed by atoms with Gasteiger partial charge in [-0.15, -0.1) is 11.3 Å². The van der Waals surface area contributed by atoms with Crippen LogP contribution < -0.4 is 5.32 Å². The van der Waals surface area contributed by atoms with Gasteiger partial charge in [0, 0.05) is 17.6 Å². The predicted molar refractivity (Wildman–Crippen MR) is 76.9 cm³/mol. The quantitative estimate of drug-likeness (QED) is 0.835. The Bertz CT molecular complexity index is 529. The smallest absolute Gasteiger partial charge is 0.328 e. The van der Waals surface area contributed by atoms with Gasteiger partial charge in [0.05, 0.1) is 17.0 Å². The molecule has 1 aromatic heterocycles. The van der Waals surface area contributed by atoms with E-state index >= 15 is 0 Å². The van der Waals surface area contributed by atoms with E-state index in [4.69, 9.17) is 9.84 Å². The van der Waals surface area contributed by atoms with Gasteiger partial charge in [0.2, 0.25) is 0 Å². The molecule has 1 fully saturated rings. The molecule has 5 nitrogen and oxygen atoms in total. The zero-order chi connectivity index (χ0) is 14.6. The number of carbonyl (C=O) groups excluding carboxylic acids is 1. The summed E-state index contributed by atoms with van der Waals surface area (Å²) in [7, 11) is 0. The van der Waals surface area contributed by atoms with Gasteiger partial charge in [-0.05, 0) is 38.0 Å². The van der Waals surface area contributed by atoms with Crippen molar-refractivity contribution in [1.29, 1.82) is 0 Å². The number of carboxylic acid groups (broad SMARTS) is 1. The summed E-state index contributed by atoms with van der Waals surface area (Å²) in [5.74, 6) is -1.14. The number of rotatable bonds is 4. The molecule has 1 atom stereocenters. The largest absolute Gasteiger partial charge is 0.478 e. The lowest BCUT2D eigenvalue weighted by atomic mass is 9.95. The Hall–Kier alpha value is -1.66. The van der Waals surface area contributed by atoms with Crippen LogP contribution in [0.25, 0.3) is 6.08 Å². The second-order valence-corrected chi connectivity index (χ2v) is 6.16. The van der Waals surface area contributed by atoms with Crippen molar-refractivity contribution in [2.24, 2.45) is 0 Å². The average Bonchev–Trinajstić information content (AvgIpc) is 2.85. The lowest BCUT2D eigenvalue weighted by Gasteiger charge is -2.34. The number of hydrogen-bond acceptors (Lipinski definition) is 4. The Kier molecular flexibility index (Phi) is 4.57. The number of ether oxygens (including phenoxy) is 1. The molecule has 1 aliphatic rings. The Morgan fingerprint density at radius 3 is 2.95 bits per heavy atom. The van der Waals surface area contributed by atoms with Gasteiger partial charge < -0.3 is 15.2 Å². The summed E-state index contributed by atoms with van der Waals surface area (Å²) in [4.78, 5) is 23.9. The molecule has 0 spiro atoms. The van der Waals surface area contributed by atoms with Crippen molar-refractivity contribution >= 4 is 29.3 Å². The van der Waals surface area contributed by atoms with E-state index in [1.807, 2.05) is 6.92 Å². The number of nitrogens with one attached hydrogen (secondary N) is 1. The first kappa shape index (κ1) is 14.7. The van der Waals surface area contributed by atoms with Gasteiger partial charge in [0.25, 0.3) is 5.91 Å². The van der Waals surface area contributed by atoms with E-state index in [-0.39, 0.29) is 11.4 Å². The van der Waals surface area contributed by atoms with Gasteiger partial charge in [-0.3, -0.25) is 4.79 Å². The summed E-state index contributed by atoms with van der Waals surface area (Å²) in [5.41, 5.74) is -0.323. The first-order valence-corrected chi connectivity index (χ1v) is 7.21. The van der Waals surface area contributed by atoms with E-state index in [1.54, 1.807) is 12.1 Å². The molecule has 0 aromatic carbocycles. The van der Waals surface area contributed by atoms with Crippen LogP contribution in [0.4, 0.5) is 0 Å². The Balaban J connectivity index is 2.00. The standard InChI is InChI=1S/C14H17NO4S/c1-14(7-2-8-19-9-14)15-13(18)11-5-3-10(20-11)4-6-12(16)17/h3-6H,2,7-9H2,1H3,(H,15,18)(H,16,17)/b6-4+. The lowest BCUT2D eigenvalue weighted by Crippen LogP contribution is -2.51. The monoisotopic (exact) mass is 295 g/mol. The van der Waals surface area contributed by atoms with Gasteiger partial charge in [0.1, 0.15) is 0 Å². The van der Waals surface area contributed by atoms with E-state index < -0.39 is 5.97 Å². The van der Waals surface area contributed by atoms with Crippen LogP contribution in [0, 0.1) is 0 Å². The topological polar surface area (TPSA) is 75.6 Å². The van der Waals surface area contributed by atoms with Crippen LogP contribution in [0.2, 0.25) is 0 Å². The molecule has 2 heterocycles. The van der Waals surface area contributed by atoms with Crippen molar-refractivity contribution in [1.82, 2.24) is 5.32 Å². The van der Waals surface area contributed by atoms with Gasteiger partial charge >= 0.3 is 5.97 Å². The Morgan fingerprint density at radius 2 is 2.30 bits per heavy atom. The minimum absolute atomic E-state index is 0.141. The normalized spacial score (nSPS) is 22.9.